The lowest BCUT2D eigenvalue weighted by molar-refractivity contribution is -0.104. The summed E-state index contributed by atoms with van der Waals surface area (Å²) in [7, 11) is 0. The van der Waals surface area contributed by atoms with E-state index in [0.29, 0.717) is 35.7 Å². The average Bonchev–Trinajstić information content (AvgIpc) is 2.77. The van der Waals surface area contributed by atoms with Gasteiger partial charge in [0.2, 0.25) is 0 Å². The summed E-state index contributed by atoms with van der Waals surface area (Å²) < 4.78 is 19.3. The number of nitriles is 1. The molecule has 0 saturated carbocycles. The number of hydrogen-bond donors (Lipinski definition) is 3. The SMILES string of the molecule is N#CN1CCCC(N/C(N)=C(/C=O)C(=N)c2ccc(Oc3cc(Cl)ccc3F)cc2)C1. The Morgan fingerprint density at radius 1 is 1.35 bits per heavy atom. The molecule has 1 fully saturated rings. The Balaban J connectivity index is 1.72. The number of hydrogen-bond acceptors (Lipinski definition) is 7. The molecule has 1 unspecified atom stereocenters. The first-order chi connectivity index (χ1) is 14.9. The van der Waals surface area contributed by atoms with Crippen LogP contribution in [0.4, 0.5) is 4.39 Å². The molecule has 1 heterocycles. The summed E-state index contributed by atoms with van der Waals surface area (Å²) in [6.07, 6.45) is 4.28. The summed E-state index contributed by atoms with van der Waals surface area (Å²) in [6.45, 7) is 1.19. The van der Waals surface area contributed by atoms with Gasteiger partial charge in [0, 0.05) is 35.8 Å². The minimum Gasteiger partial charge on any atom is -0.454 e. The number of rotatable bonds is 7. The van der Waals surface area contributed by atoms with Crippen LogP contribution in [0.3, 0.4) is 0 Å². The average molecular weight is 442 g/mol. The third-order valence-electron chi connectivity index (χ3n) is 4.86. The second-order valence-corrected chi connectivity index (χ2v) is 7.49. The largest absolute Gasteiger partial charge is 0.454 e. The molecule has 1 aliphatic heterocycles. The predicted molar refractivity (Wildman–Crippen MR) is 115 cm³/mol. The van der Waals surface area contributed by atoms with Gasteiger partial charge in [0.1, 0.15) is 11.6 Å². The predicted octanol–water partition coefficient (Wildman–Crippen LogP) is 3.54. The fourth-order valence-electron chi connectivity index (χ4n) is 3.27. The summed E-state index contributed by atoms with van der Waals surface area (Å²) in [5, 5.41) is 20.8. The smallest absolute Gasteiger partial charge is 0.179 e. The third kappa shape index (κ3) is 5.53. The van der Waals surface area contributed by atoms with E-state index in [1.165, 1.54) is 18.2 Å². The van der Waals surface area contributed by atoms with Crippen molar-refractivity contribution in [1.82, 2.24) is 10.2 Å². The molecule has 1 saturated heterocycles. The number of nitrogens with one attached hydrogen (secondary N) is 2. The van der Waals surface area contributed by atoms with E-state index in [1.807, 2.05) is 0 Å². The summed E-state index contributed by atoms with van der Waals surface area (Å²) in [6, 6.07) is 10.2. The molecule has 1 aliphatic rings. The zero-order chi connectivity index (χ0) is 22.4. The fraction of sp³-hybridized carbons (Fsp3) is 0.227. The molecule has 3 rings (SSSR count). The van der Waals surface area contributed by atoms with E-state index < -0.39 is 5.82 Å². The maximum absolute atomic E-state index is 13.8. The lowest BCUT2D eigenvalue weighted by atomic mass is 10.0. The Kier molecular flexibility index (Phi) is 7.11. The lowest BCUT2D eigenvalue weighted by Crippen LogP contribution is -2.45. The monoisotopic (exact) mass is 441 g/mol. The molecule has 0 bridgehead atoms. The number of halogens is 2. The van der Waals surface area contributed by atoms with Gasteiger partial charge in [-0.1, -0.05) is 11.6 Å². The fourth-order valence-corrected chi connectivity index (χ4v) is 3.43. The Morgan fingerprint density at radius 3 is 2.77 bits per heavy atom. The van der Waals surface area contributed by atoms with Crippen LogP contribution in [0.5, 0.6) is 11.5 Å². The van der Waals surface area contributed by atoms with Crippen molar-refractivity contribution in [1.29, 1.82) is 10.7 Å². The van der Waals surface area contributed by atoms with Crippen LogP contribution in [0, 0.1) is 22.7 Å². The van der Waals surface area contributed by atoms with E-state index >= 15 is 0 Å². The van der Waals surface area contributed by atoms with Crippen LogP contribution in [0.25, 0.3) is 0 Å². The van der Waals surface area contributed by atoms with Gasteiger partial charge < -0.3 is 20.7 Å². The molecule has 9 heteroatoms. The molecule has 2 aromatic carbocycles. The van der Waals surface area contributed by atoms with E-state index in [-0.39, 0.29) is 28.9 Å². The number of piperidine rings is 1. The number of carbonyl (C=O) groups is 1. The number of allylic oxidation sites excluding steroid dienone is 1. The summed E-state index contributed by atoms with van der Waals surface area (Å²) >= 11 is 5.87. The number of carbonyl (C=O) groups excluding carboxylic acids is 1. The van der Waals surface area contributed by atoms with Gasteiger partial charge in [0.25, 0.3) is 0 Å². The molecule has 7 nitrogen and oxygen atoms in total. The van der Waals surface area contributed by atoms with Crippen LogP contribution < -0.4 is 15.8 Å². The molecule has 4 N–H and O–H groups in total. The van der Waals surface area contributed by atoms with E-state index in [2.05, 4.69) is 11.5 Å². The van der Waals surface area contributed by atoms with Crippen molar-refractivity contribution >= 4 is 23.6 Å². The molecule has 0 aliphatic carbocycles. The Labute approximate surface area is 184 Å². The van der Waals surface area contributed by atoms with E-state index in [0.717, 1.165) is 12.8 Å². The van der Waals surface area contributed by atoms with Gasteiger partial charge >= 0.3 is 0 Å². The first-order valence-corrected chi connectivity index (χ1v) is 9.97. The van der Waals surface area contributed by atoms with Gasteiger partial charge in [-0.05, 0) is 49.2 Å². The molecule has 1 atom stereocenters. The highest BCUT2D eigenvalue weighted by atomic mass is 35.5. The molecule has 31 heavy (non-hydrogen) atoms. The van der Waals surface area contributed by atoms with Crippen LogP contribution in [0.15, 0.2) is 53.9 Å². The molecule has 0 radical (unpaired) electrons. The highest BCUT2D eigenvalue weighted by molar-refractivity contribution is 6.30. The van der Waals surface area contributed by atoms with Crippen molar-refractivity contribution in [2.45, 2.75) is 18.9 Å². The lowest BCUT2D eigenvalue weighted by Gasteiger charge is -2.30. The number of aldehydes is 1. The molecule has 0 spiro atoms. The van der Waals surface area contributed by atoms with Crippen molar-refractivity contribution in [2.75, 3.05) is 13.1 Å². The van der Waals surface area contributed by atoms with Crippen molar-refractivity contribution in [3.63, 3.8) is 0 Å². The van der Waals surface area contributed by atoms with Crippen molar-refractivity contribution in [2.24, 2.45) is 5.73 Å². The molecule has 2 aromatic rings. The van der Waals surface area contributed by atoms with Crippen LogP contribution in [-0.2, 0) is 4.79 Å². The van der Waals surface area contributed by atoms with Crippen LogP contribution >= 0.6 is 11.6 Å². The second kappa shape index (κ2) is 9.96. The molecular weight excluding hydrogens is 421 g/mol. The quantitative estimate of drug-likeness (QED) is 0.262. The van der Waals surface area contributed by atoms with Crippen molar-refractivity contribution < 1.29 is 13.9 Å². The first kappa shape index (κ1) is 22.1. The minimum absolute atomic E-state index is 0.0173. The number of likely N-dealkylation sites (tertiary alicyclic amines) is 1. The first-order valence-electron chi connectivity index (χ1n) is 9.59. The Morgan fingerprint density at radius 2 is 2.10 bits per heavy atom. The highest BCUT2D eigenvalue weighted by Gasteiger charge is 2.21. The number of nitrogens with zero attached hydrogens (tertiary/aromatic N) is 2. The van der Waals surface area contributed by atoms with Gasteiger partial charge in [-0.25, -0.2) is 4.39 Å². The third-order valence-corrected chi connectivity index (χ3v) is 5.10. The maximum atomic E-state index is 13.8. The van der Waals surface area contributed by atoms with Crippen LogP contribution in [0.1, 0.15) is 18.4 Å². The molecular formula is C22H21ClFN5O2. The Hall–Kier alpha value is -3.57. The zero-order valence-electron chi connectivity index (χ0n) is 16.6. The summed E-state index contributed by atoms with van der Waals surface area (Å²) in [4.78, 5) is 13.3. The summed E-state index contributed by atoms with van der Waals surface area (Å²) in [5.41, 5.74) is 6.46. The van der Waals surface area contributed by atoms with Gasteiger partial charge in [-0.3, -0.25) is 10.2 Å². The summed E-state index contributed by atoms with van der Waals surface area (Å²) in [5.74, 6) is -0.134. The number of ether oxygens (including phenoxy) is 1. The van der Waals surface area contributed by atoms with Gasteiger partial charge in [0.15, 0.2) is 24.0 Å². The van der Waals surface area contributed by atoms with Crippen LogP contribution in [0.2, 0.25) is 5.02 Å². The van der Waals surface area contributed by atoms with E-state index in [4.69, 9.17) is 32.7 Å². The number of benzene rings is 2. The minimum atomic E-state index is -0.552. The standard InChI is InChI=1S/C22H21ClFN5O2/c23-15-5-8-19(24)20(10-15)31-17-6-3-14(4-7-17)21(26)18(12-30)22(27)28-16-2-1-9-29(11-16)13-25/h3-8,10,12,16,26,28H,1-2,9,11,27H2/b22-18-,26-21?. The van der Waals surface area contributed by atoms with Gasteiger partial charge in [-0.2, -0.15) is 5.26 Å². The van der Waals surface area contributed by atoms with Gasteiger partial charge in [0.05, 0.1) is 11.3 Å². The van der Waals surface area contributed by atoms with Gasteiger partial charge in [-0.15, -0.1) is 0 Å². The topological polar surface area (TPSA) is 115 Å². The van der Waals surface area contributed by atoms with E-state index in [1.54, 1.807) is 29.2 Å². The van der Waals surface area contributed by atoms with Crippen molar-refractivity contribution in [3.05, 3.63) is 70.3 Å². The number of nitrogens with two attached hydrogens (primary N) is 1. The molecule has 0 aromatic heterocycles. The highest BCUT2D eigenvalue weighted by Crippen LogP contribution is 2.27. The maximum Gasteiger partial charge on any atom is 0.179 e. The molecule has 160 valence electrons. The molecule has 0 amide bonds. The van der Waals surface area contributed by atoms with Crippen molar-refractivity contribution in [3.8, 4) is 17.7 Å². The second-order valence-electron chi connectivity index (χ2n) is 7.05. The van der Waals surface area contributed by atoms with E-state index in [9.17, 15) is 9.18 Å². The normalized spacial score (nSPS) is 16.7. The Bertz CT molecular complexity index is 1050. The zero-order valence-corrected chi connectivity index (χ0v) is 17.3. The van der Waals surface area contributed by atoms with Crippen LogP contribution in [-0.4, -0.2) is 36.0 Å².